The molecule has 1 fully saturated rings. The van der Waals surface area contributed by atoms with Crippen LogP contribution < -0.4 is 10.6 Å². The van der Waals surface area contributed by atoms with Gasteiger partial charge in [0.25, 0.3) is 11.6 Å². The van der Waals surface area contributed by atoms with Crippen molar-refractivity contribution in [2.75, 3.05) is 11.9 Å². The molecule has 0 aliphatic heterocycles. The summed E-state index contributed by atoms with van der Waals surface area (Å²) in [4.78, 5) is 35.2. The standard InChI is InChI=1S/C22H25N3O5/c1-3-15-4-6-16(7-5-15)14(2)23-21(26)13-30-22(27)17-8-11-19(24-18-9-10-18)20(12-17)25(28)29/h4-8,11-12,14,18,24H,3,9-10,13H2,1-2H3,(H,23,26). The topological polar surface area (TPSA) is 111 Å². The van der Waals surface area contributed by atoms with Gasteiger partial charge >= 0.3 is 5.97 Å². The fourth-order valence-corrected chi connectivity index (χ4v) is 3.00. The number of benzene rings is 2. The molecular formula is C22H25N3O5. The van der Waals surface area contributed by atoms with E-state index in [0.29, 0.717) is 5.69 Å². The Balaban J connectivity index is 1.55. The summed E-state index contributed by atoms with van der Waals surface area (Å²) in [5, 5.41) is 17.2. The van der Waals surface area contributed by atoms with Crippen LogP contribution in [0.25, 0.3) is 0 Å². The Bertz CT molecular complexity index is 938. The molecule has 2 aromatic carbocycles. The molecule has 3 rings (SSSR count). The molecule has 1 saturated carbocycles. The molecule has 1 unspecified atom stereocenters. The lowest BCUT2D eigenvalue weighted by Gasteiger charge is -2.15. The third-order valence-corrected chi connectivity index (χ3v) is 4.97. The highest BCUT2D eigenvalue weighted by Crippen LogP contribution is 2.31. The van der Waals surface area contributed by atoms with E-state index in [4.69, 9.17) is 4.74 Å². The third-order valence-electron chi connectivity index (χ3n) is 4.97. The lowest BCUT2D eigenvalue weighted by Crippen LogP contribution is -2.31. The van der Waals surface area contributed by atoms with E-state index in [9.17, 15) is 19.7 Å². The number of hydrogen-bond donors (Lipinski definition) is 2. The zero-order valence-electron chi connectivity index (χ0n) is 17.0. The molecule has 0 saturated heterocycles. The molecule has 0 spiro atoms. The van der Waals surface area contributed by atoms with E-state index >= 15 is 0 Å². The molecule has 0 aromatic heterocycles. The number of nitro benzene ring substituents is 1. The van der Waals surface area contributed by atoms with E-state index in [2.05, 4.69) is 17.6 Å². The Labute approximate surface area is 174 Å². The third kappa shape index (κ3) is 5.56. The average Bonchev–Trinajstić information content (AvgIpc) is 3.56. The van der Waals surface area contributed by atoms with Gasteiger partial charge in [-0.05, 0) is 49.4 Å². The van der Waals surface area contributed by atoms with Gasteiger partial charge in [0.15, 0.2) is 6.61 Å². The van der Waals surface area contributed by atoms with Crippen LogP contribution in [0.4, 0.5) is 11.4 Å². The SMILES string of the molecule is CCc1ccc(C(C)NC(=O)COC(=O)c2ccc(NC3CC3)c([N+](=O)[O-])c2)cc1. The normalized spacial score (nSPS) is 13.9. The minimum atomic E-state index is -0.786. The van der Waals surface area contributed by atoms with Crippen molar-refractivity contribution < 1.29 is 19.2 Å². The first-order chi connectivity index (χ1) is 14.4. The second kappa shape index (κ2) is 9.39. The van der Waals surface area contributed by atoms with Crippen LogP contribution in [-0.4, -0.2) is 29.4 Å². The highest BCUT2D eigenvalue weighted by atomic mass is 16.6. The first-order valence-corrected chi connectivity index (χ1v) is 9.97. The minimum absolute atomic E-state index is 0.0269. The zero-order valence-corrected chi connectivity index (χ0v) is 17.0. The summed E-state index contributed by atoms with van der Waals surface area (Å²) in [6.07, 6.45) is 2.88. The summed E-state index contributed by atoms with van der Waals surface area (Å²) >= 11 is 0. The van der Waals surface area contributed by atoms with Gasteiger partial charge in [0, 0.05) is 12.1 Å². The smallest absolute Gasteiger partial charge is 0.338 e. The molecule has 8 heteroatoms. The molecule has 1 aliphatic carbocycles. The monoisotopic (exact) mass is 411 g/mol. The average molecular weight is 411 g/mol. The predicted molar refractivity (Wildman–Crippen MR) is 112 cm³/mol. The minimum Gasteiger partial charge on any atom is -0.452 e. The molecule has 1 aliphatic rings. The summed E-state index contributed by atoms with van der Waals surface area (Å²) in [5.41, 5.74) is 2.36. The summed E-state index contributed by atoms with van der Waals surface area (Å²) in [6, 6.07) is 12.0. The number of nitrogens with one attached hydrogen (secondary N) is 2. The highest BCUT2D eigenvalue weighted by Gasteiger charge is 2.26. The van der Waals surface area contributed by atoms with E-state index in [1.54, 1.807) is 0 Å². The van der Waals surface area contributed by atoms with Crippen molar-refractivity contribution in [1.29, 1.82) is 0 Å². The molecule has 0 radical (unpaired) electrons. The largest absolute Gasteiger partial charge is 0.452 e. The number of hydrogen-bond acceptors (Lipinski definition) is 6. The number of aryl methyl sites for hydroxylation is 1. The predicted octanol–water partition coefficient (Wildman–Crippen LogP) is 3.77. The van der Waals surface area contributed by atoms with Crippen LogP contribution in [0.15, 0.2) is 42.5 Å². The lowest BCUT2D eigenvalue weighted by molar-refractivity contribution is -0.384. The first-order valence-electron chi connectivity index (χ1n) is 9.97. The maximum atomic E-state index is 12.3. The molecule has 1 atom stereocenters. The van der Waals surface area contributed by atoms with Crippen LogP contribution in [0.3, 0.4) is 0 Å². The Hall–Kier alpha value is -3.42. The van der Waals surface area contributed by atoms with E-state index in [-0.39, 0.29) is 23.3 Å². The summed E-state index contributed by atoms with van der Waals surface area (Å²) in [6.45, 7) is 3.45. The lowest BCUT2D eigenvalue weighted by atomic mass is 10.1. The molecule has 2 aromatic rings. The number of ether oxygens (including phenoxy) is 1. The molecule has 1 amide bonds. The van der Waals surface area contributed by atoms with Gasteiger partial charge in [0.05, 0.1) is 16.5 Å². The van der Waals surface area contributed by atoms with Crippen LogP contribution in [0.2, 0.25) is 0 Å². The molecule has 0 heterocycles. The van der Waals surface area contributed by atoms with Gasteiger partial charge in [0.2, 0.25) is 0 Å². The van der Waals surface area contributed by atoms with Gasteiger partial charge < -0.3 is 15.4 Å². The maximum absolute atomic E-state index is 12.3. The van der Waals surface area contributed by atoms with Gasteiger partial charge in [-0.15, -0.1) is 0 Å². The number of nitro groups is 1. The van der Waals surface area contributed by atoms with Gasteiger partial charge in [-0.2, -0.15) is 0 Å². The number of rotatable bonds is 9. The number of amides is 1. The van der Waals surface area contributed by atoms with Crippen molar-refractivity contribution in [2.45, 2.75) is 45.2 Å². The number of carbonyl (C=O) groups is 2. The van der Waals surface area contributed by atoms with Gasteiger partial charge in [-0.1, -0.05) is 31.2 Å². The number of esters is 1. The van der Waals surface area contributed by atoms with Crippen LogP contribution in [0, 0.1) is 10.1 Å². The van der Waals surface area contributed by atoms with Crippen LogP contribution in [0.5, 0.6) is 0 Å². The van der Waals surface area contributed by atoms with Crippen LogP contribution in [0.1, 0.15) is 54.2 Å². The quantitative estimate of drug-likeness (QED) is 0.369. The number of anilines is 1. The van der Waals surface area contributed by atoms with Crippen molar-refractivity contribution >= 4 is 23.3 Å². The van der Waals surface area contributed by atoms with Gasteiger partial charge in [-0.25, -0.2) is 4.79 Å². The number of carbonyl (C=O) groups excluding carboxylic acids is 2. The molecule has 0 bridgehead atoms. The van der Waals surface area contributed by atoms with Crippen molar-refractivity contribution in [3.8, 4) is 0 Å². The number of nitrogens with zero attached hydrogens (tertiary/aromatic N) is 1. The van der Waals surface area contributed by atoms with Crippen molar-refractivity contribution in [3.63, 3.8) is 0 Å². The van der Waals surface area contributed by atoms with Gasteiger partial charge in [0.1, 0.15) is 5.69 Å². The Morgan fingerprint density at radius 1 is 1.20 bits per heavy atom. The Morgan fingerprint density at radius 3 is 2.50 bits per heavy atom. The van der Waals surface area contributed by atoms with Crippen LogP contribution >= 0.6 is 0 Å². The van der Waals surface area contributed by atoms with Gasteiger partial charge in [-0.3, -0.25) is 14.9 Å². The molecule has 30 heavy (non-hydrogen) atoms. The van der Waals surface area contributed by atoms with Crippen LogP contribution in [-0.2, 0) is 16.0 Å². The molecule has 2 N–H and O–H groups in total. The fourth-order valence-electron chi connectivity index (χ4n) is 3.00. The zero-order chi connectivity index (χ0) is 21.7. The van der Waals surface area contributed by atoms with Crippen molar-refractivity contribution in [3.05, 3.63) is 69.3 Å². The molecule has 158 valence electrons. The summed E-state index contributed by atoms with van der Waals surface area (Å²) < 4.78 is 5.04. The van der Waals surface area contributed by atoms with E-state index in [1.807, 2.05) is 31.2 Å². The second-order valence-electron chi connectivity index (χ2n) is 7.37. The second-order valence-corrected chi connectivity index (χ2v) is 7.37. The molecule has 8 nitrogen and oxygen atoms in total. The van der Waals surface area contributed by atoms with Crippen molar-refractivity contribution in [2.24, 2.45) is 0 Å². The maximum Gasteiger partial charge on any atom is 0.338 e. The Kier molecular flexibility index (Phi) is 6.66. The van der Waals surface area contributed by atoms with E-state index in [1.165, 1.54) is 23.8 Å². The molecular weight excluding hydrogens is 386 g/mol. The summed E-state index contributed by atoms with van der Waals surface area (Å²) in [7, 11) is 0. The first kappa shape index (κ1) is 21.3. The van der Waals surface area contributed by atoms with E-state index < -0.39 is 23.4 Å². The van der Waals surface area contributed by atoms with E-state index in [0.717, 1.165) is 24.8 Å². The Morgan fingerprint density at radius 2 is 1.90 bits per heavy atom. The van der Waals surface area contributed by atoms with Crippen molar-refractivity contribution in [1.82, 2.24) is 5.32 Å². The summed E-state index contributed by atoms with van der Waals surface area (Å²) in [5.74, 6) is -1.23. The highest BCUT2D eigenvalue weighted by molar-refractivity contribution is 5.93. The fraction of sp³-hybridized carbons (Fsp3) is 0.364.